The number of anilines is 1. The van der Waals surface area contributed by atoms with E-state index in [1.807, 2.05) is 36.1 Å². The molecule has 180 valence electrons. The number of nitrogens with zero attached hydrogens (tertiary/aromatic N) is 2. The van der Waals surface area contributed by atoms with Crippen molar-refractivity contribution in [3.63, 3.8) is 0 Å². The van der Waals surface area contributed by atoms with E-state index in [-0.39, 0.29) is 23.5 Å². The Morgan fingerprint density at radius 2 is 1.71 bits per heavy atom. The first-order valence-electron chi connectivity index (χ1n) is 11.9. The fourth-order valence-electron chi connectivity index (χ4n) is 3.84. The highest BCUT2D eigenvalue weighted by atomic mass is 32.1. The van der Waals surface area contributed by atoms with Gasteiger partial charge in [-0.3, -0.25) is 9.59 Å². The molecule has 7 heteroatoms. The largest absolute Gasteiger partial charge is 0.343 e. The van der Waals surface area contributed by atoms with Crippen molar-refractivity contribution >= 4 is 28.8 Å². The molecule has 4 rings (SSSR count). The molecule has 5 nitrogen and oxygen atoms in total. The lowest BCUT2D eigenvalue weighted by molar-refractivity contribution is -0.131. The molecule has 34 heavy (non-hydrogen) atoms. The maximum Gasteiger partial charge on any atom is 0.275 e. The Morgan fingerprint density at radius 1 is 1.06 bits per heavy atom. The summed E-state index contributed by atoms with van der Waals surface area (Å²) < 4.78 is 13.3. The maximum absolute atomic E-state index is 13.3. The van der Waals surface area contributed by atoms with Crippen LogP contribution in [-0.4, -0.2) is 34.8 Å². The Hall–Kier alpha value is -3.06. The van der Waals surface area contributed by atoms with Crippen molar-refractivity contribution < 1.29 is 14.0 Å². The van der Waals surface area contributed by atoms with Gasteiger partial charge < -0.3 is 10.2 Å². The molecule has 1 aliphatic rings. The molecule has 0 atom stereocenters. The molecule has 2 aromatic carbocycles. The van der Waals surface area contributed by atoms with Crippen LogP contribution >= 0.6 is 11.3 Å². The average molecular weight is 482 g/mol. The van der Waals surface area contributed by atoms with Gasteiger partial charge in [-0.1, -0.05) is 57.5 Å². The number of piperidine rings is 1. The third-order valence-corrected chi connectivity index (χ3v) is 6.59. The summed E-state index contributed by atoms with van der Waals surface area (Å²) in [5.74, 6) is -0.0998. The van der Waals surface area contributed by atoms with Crippen LogP contribution in [0.25, 0.3) is 11.1 Å². The SMILES string of the molecule is CCC.CCC(=O)N1CCC(c2nc(C(=O)Nc3ccccc3-c3ccc(F)cc3)cs2)CC1. The first-order chi connectivity index (χ1) is 16.5. The van der Waals surface area contributed by atoms with Gasteiger partial charge in [-0.2, -0.15) is 0 Å². The quantitative estimate of drug-likeness (QED) is 0.439. The van der Waals surface area contributed by atoms with Gasteiger partial charge in [-0.25, -0.2) is 9.37 Å². The van der Waals surface area contributed by atoms with E-state index in [9.17, 15) is 14.0 Å². The van der Waals surface area contributed by atoms with Crippen LogP contribution in [0, 0.1) is 5.82 Å². The highest BCUT2D eigenvalue weighted by Gasteiger charge is 2.25. The second kappa shape index (κ2) is 12.4. The Kier molecular flexibility index (Phi) is 9.33. The molecule has 2 amide bonds. The third-order valence-electron chi connectivity index (χ3n) is 5.58. The van der Waals surface area contributed by atoms with Crippen molar-refractivity contribution in [3.8, 4) is 11.1 Å². The summed E-state index contributed by atoms with van der Waals surface area (Å²) >= 11 is 1.50. The Balaban J connectivity index is 0.00000103. The number of rotatable bonds is 5. The van der Waals surface area contributed by atoms with Gasteiger partial charge in [0.25, 0.3) is 5.91 Å². The first kappa shape index (κ1) is 25.6. The highest BCUT2D eigenvalue weighted by Crippen LogP contribution is 2.32. The van der Waals surface area contributed by atoms with Gasteiger partial charge >= 0.3 is 0 Å². The molecule has 0 bridgehead atoms. The number of para-hydroxylation sites is 1. The molecule has 1 aromatic heterocycles. The lowest BCUT2D eigenvalue weighted by Gasteiger charge is -2.30. The van der Waals surface area contributed by atoms with Crippen LogP contribution in [0.3, 0.4) is 0 Å². The molecule has 0 unspecified atom stereocenters. The summed E-state index contributed by atoms with van der Waals surface area (Å²) in [6.45, 7) is 7.61. The molecule has 3 aromatic rings. The predicted octanol–water partition coefficient (Wildman–Crippen LogP) is 6.73. The first-order valence-corrected chi connectivity index (χ1v) is 12.7. The number of aromatic nitrogens is 1. The molecule has 0 radical (unpaired) electrons. The molecular weight excluding hydrogens is 449 g/mol. The summed E-state index contributed by atoms with van der Waals surface area (Å²) in [5.41, 5.74) is 2.69. The normalized spacial score (nSPS) is 13.7. The molecule has 0 saturated carbocycles. The van der Waals surface area contributed by atoms with Crippen molar-refractivity contribution in [1.82, 2.24) is 9.88 Å². The topological polar surface area (TPSA) is 62.3 Å². The Labute approximate surface area is 205 Å². The minimum Gasteiger partial charge on any atom is -0.343 e. The number of hydrogen-bond acceptors (Lipinski definition) is 4. The van der Waals surface area contributed by atoms with Crippen LogP contribution < -0.4 is 5.32 Å². The van der Waals surface area contributed by atoms with Gasteiger partial charge in [0.05, 0.1) is 5.01 Å². The summed E-state index contributed by atoms with van der Waals surface area (Å²) in [7, 11) is 0. The van der Waals surface area contributed by atoms with Crippen LogP contribution in [0.4, 0.5) is 10.1 Å². The predicted molar refractivity (Wildman–Crippen MR) is 137 cm³/mol. The van der Waals surface area contributed by atoms with E-state index >= 15 is 0 Å². The van der Waals surface area contributed by atoms with E-state index in [2.05, 4.69) is 24.1 Å². The molecule has 0 spiro atoms. The van der Waals surface area contributed by atoms with Gasteiger partial charge in [0.15, 0.2) is 0 Å². The van der Waals surface area contributed by atoms with Gasteiger partial charge in [-0.05, 0) is 36.6 Å². The number of nitrogens with one attached hydrogen (secondary N) is 1. The van der Waals surface area contributed by atoms with E-state index < -0.39 is 0 Å². The molecule has 0 aliphatic carbocycles. The van der Waals surface area contributed by atoms with E-state index in [1.54, 1.807) is 17.5 Å². The number of thiazole rings is 1. The van der Waals surface area contributed by atoms with Crippen molar-refractivity contribution in [2.75, 3.05) is 18.4 Å². The van der Waals surface area contributed by atoms with Crippen LogP contribution in [0.1, 0.15) is 67.9 Å². The smallest absolute Gasteiger partial charge is 0.275 e. The zero-order valence-electron chi connectivity index (χ0n) is 20.0. The summed E-state index contributed by atoms with van der Waals surface area (Å²) in [4.78, 5) is 31.2. The third kappa shape index (κ3) is 6.50. The number of benzene rings is 2. The van der Waals surface area contributed by atoms with E-state index in [1.165, 1.54) is 29.9 Å². The summed E-state index contributed by atoms with van der Waals surface area (Å²) in [5, 5.41) is 5.68. The molecule has 1 saturated heterocycles. The monoisotopic (exact) mass is 481 g/mol. The van der Waals surface area contributed by atoms with Gasteiger partial charge in [0, 0.05) is 42.1 Å². The standard InChI is InChI=1S/C24H24FN3O2S.C3H8/c1-2-22(29)28-13-11-17(12-14-28)24-27-21(15-31-24)23(30)26-20-6-4-3-5-19(20)16-7-9-18(25)10-8-16;1-3-2/h3-10,15,17H,2,11-14H2,1H3,(H,26,30);3H2,1-2H3. The molecule has 1 aliphatic heterocycles. The highest BCUT2D eigenvalue weighted by molar-refractivity contribution is 7.10. The van der Waals surface area contributed by atoms with E-state index in [4.69, 9.17) is 0 Å². The number of carbonyl (C=O) groups is 2. The van der Waals surface area contributed by atoms with Crippen molar-refractivity contribution in [1.29, 1.82) is 0 Å². The van der Waals surface area contributed by atoms with E-state index in [0.29, 0.717) is 17.8 Å². The zero-order valence-corrected chi connectivity index (χ0v) is 20.8. The molecule has 1 N–H and O–H groups in total. The summed E-state index contributed by atoms with van der Waals surface area (Å²) in [6, 6.07) is 13.6. The number of amides is 2. The second-order valence-corrected chi connectivity index (χ2v) is 9.18. The number of carbonyl (C=O) groups excluding carboxylic acids is 2. The average Bonchev–Trinajstić information content (AvgIpc) is 3.36. The van der Waals surface area contributed by atoms with Crippen molar-refractivity contribution in [3.05, 3.63) is 70.4 Å². The fraction of sp³-hybridized carbons (Fsp3) is 0.370. The van der Waals surface area contributed by atoms with Crippen LogP contribution in [0.5, 0.6) is 0 Å². The van der Waals surface area contributed by atoms with E-state index in [0.717, 1.165) is 42.1 Å². The Bertz CT molecular complexity index is 1090. The van der Waals surface area contributed by atoms with Crippen LogP contribution in [0.2, 0.25) is 0 Å². The number of hydrogen-bond donors (Lipinski definition) is 1. The minimum atomic E-state index is -0.301. The molecular formula is C27H32FN3O2S. The number of likely N-dealkylation sites (tertiary alicyclic amines) is 1. The van der Waals surface area contributed by atoms with Crippen molar-refractivity contribution in [2.24, 2.45) is 0 Å². The van der Waals surface area contributed by atoms with Crippen LogP contribution in [0.15, 0.2) is 53.9 Å². The lowest BCUT2D eigenvalue weighted by atomic mass is 9.97. The fourth-order valence-corrected chi connectivity index (χ4v) is 4.81. The number of halogens is 1. The maximum atomic E-state index is 13.3. The second-order valence-electron chi connectivity index (χ2n) is 8.29. The summed E-state index contributed by atoms with van der Waals surface area (Å²) in [6.07, 6.45) is 3.52. The van der Waals surface area contributed by atoms with Gasteiger partial charge in [0.1, 0.15) is 11.5 Å². The minimum absolute atomic E-state index is 0.192. The molecule has 1 fully saturated rings. The molecule has 2 heterocycles. The lowest BCUT2D eigenvalue weighted by Crippen LogP contribution is -2.37. The van der Waals surface area contributed by atoms with Gasteiger partial charge in [0.2, 0.25) is 5.91 Å². The van der Waals surface area contributed by atoms with Crippen molar-refractivity contribution in [2.45, 2.75) is 52.4 Å². The Morgan fingerprint density at radius 3 is 2.35 bits per heavy atom. The van der Waals surface area contributed by atoms with Crippen LogP contribution in [-0.2, 0) is 4.79 Å². The zero-order chi connectivity index (χ0) is 24.5. The van der Waals surface area contributed by atoms with Gasteiger partial charge in [-0.15, -0.1) is 11.3 Å².